The maximum absolute atomic E-state index is 13.3. The number of morpholine rings is 1. The molecule has 3 rings (SSSR count). The van der Waals surface area contributed by atoms with Gasteiger partial charge in [0.2, 0.25) is 11.8 Å². The van der Waals surface area contributed by atoms with Crippen LogP contribution in [0.2, 0.25) is 5.02 Å². The van der Waals surface area contributed by atoms with E-state index in [1.807, 2.05) is 4.90 Å². The van der Waals surface area contributed by atoms with Gasteiger partial charge in [-0.15, -0.1) is 0 Å². The number of benzene rings is 2. The first-order valence-corrected chi connectivity index (χ1v) is 11.9. The number of sulfonamides is 1. The monoisotopic (exact) mass is 480 g/mol. The highest BCUT2D eigenvalue weighted by atomic mass is 35.5. The van der Waals surface area contributed by atoms with Crippen LogP contribution in [0.5, 0.6) is 0 Å². The molecule has 0 spiro atoms. The number of rotatable bonds is 8. The Hall–Kier alpha value is -2.82. The summed E-state index contributed by atoms with van der Waals surface area (Å²) in [5.41, 5.74) is 1.23. The fraction of sp³-hybridized carbons (Fsp3) is 0.333. The zero-order chi connectivity index (χ0) is 23.1. The van der Waals surface area contributed by atoms with E-state index in [1.165, 1.54) is 13.0 Å². The van der Waals surface area contributed by atoms with Crippen molar-refractivity contribution in [1.82, 2.24) is 5.32 Å². The van der Waals surface area contributed by atoms with Crippen molar-refractivity contribution in [1.29, 1.82) is 0 Å². The maximum Gasteiger partial charge on any atom is 0.264 e. The van der Waals surface area contributed by atoms with Crippen molar-refractivity contribution in [3.8, 4) is 0 Å². The third-order valence-corrected chi connectivity index (χ3v) is 6.37. The van der Waals surface area contributed by atoms with Crippen LogP contribution in [0.3, 0.4) is 0 Å². The lowest BCUT2D eigenvalue weighted by atomic mass is 10.2. The van der Waals surface area contributed by atoms with Gasteiger partial charge >= 0.3 is 0 Å². The molecule has 1 saturated heterocycles. The molecule has 0 atom stereocenters. The third kappa shape index (κ3) is 6.59. The van der Waals surface area contributed by atoms with Crippen LogP contribution >= 0.6 is 11.6 Å². The van der Waals surface area contributed by atoms with Crippen molar-refractivity contribution in [3.05, 3.63) is 47.5 Å². The van der Waals surface area contributed by atoms with Gasteiger partial charge < -0.3 is 20.3 Å². The summed E-state index contributed by atoms with van der Waals surface area (Å²) in [6.45, 7) is 3.64. The summed E-state index contributed by atoms with van der Waals surface area (Å²) in [5, 5.41) is 5.73. The maximum atomic E-state index is 13.3. The first-order chi connectivity index (χ1) is 15.2. The standard InChI is InChI=1S/C21H25ClN4O5S/c1-15(27)23-9-8-21(28)24-18-6-7-19(26-10-12-31-13-11-26)20(14-18)32(29,30)25-17-4-2-16(22)3-5-17/h2-7,14,25H,8-13H2,1H3,(H,23,27)(H,24,28). The van der Waals surface area contributed by atoms with Crippen LogP contribution in [0.4, 0.5) is 17.1 Å². The summed E-state index contributed by atoms with van der Waals surface area (Å²) >= 11 is 5.89. The van der Waals surface area contributed by atoms with Crippen LogP contribution in [0, 0.1) is 0 Å². The predicted octanol–water partition coefficient (Wildman–Crippen LogP) is 2.44. The van der Waals surface area contributed by atoms with Crippen molar-refractivity contribution in [3.63, 3.8) is 0 Å². The molecule has 0 radical (unpaired) electrons. The second-order valence-electron chi connectivity index (χ2n) is 7.18. The zero-order valence-electron chi connectivity index (χ0n) is 17.6. The number of nitrogens with one attached hydrogen (secondary N) is 3. The smallest absolute Gasteiger partial charge is 0.264 e. The largest absolute Gasteiger partial charge is 0.378 e. The summed E-state index contributed by atoms with van der Waals surface area (Å²) < 4.78 is 34.5. The molecule has 172 valence electrons. The summed E-state index contributed by atoms with van der Waals surface area (Å²) in [4.78, 5) is 25.1. The van der Waals surface area contributed by atoms with Crippen LogP contribution in [0.25, 0.3) is 0 Å². The van der Waals surface area contributed by atoms with E-state index in [9.17, 15) is 18.0 Å². The van der Waals surface area contributed by atoms with Crippen molar-refractivity contribution >= 4 is 50.5 Å². The molecule has 1 heterocycles. The van der Waals surface area contributed by atoms with Gasteiger partial charge in [0.15, 0.2) is 0 Å². The summed E-state index contributed by atoms with van der Waals surface area (Å²) in [5.74, 6) is -0.568. The normalized spacial score (nSPS) is 14.0. The molecule has 2 amide bonds. The van der Waals surface area contributed by atoms with Gasteiger partial charge in [0.1, 0.15) is 4.90 Å². The molecule has 1 aliphatic rings. The summed E-state index contributed by atoms with van der Waals surface area (Å²) in [6.07, 6.45) is 0.0654. The Morgan fingerprint density at radius 2 is 1.72 bits per heavy atom. The average molecular weight is 481 g/mol. The Morgan fingerprint density at radius 3 is 2.38 bits per heavy atom. The minimum Gasteiger partial charge on any atom is -0.378 e. The lowest BCUT2D eigenvalue weighted by molar-refractivity contribution is -0.119. The fourth-order valence-electron chi connectivity index (χ4n) is 3.18. The van der Waals surface area contributed by atoms with Crippen LogP contribution in [0.15, 0.2) is 47.4 Å². The molecule has 2 aromatic rings. The molecule has 0 aliphatic carbocycles. The molecule has 0 bridgehead atoms. The number of hydrogen-bond acceptors (Lipinski definition) is 6. The van der Waals surface area contributed by atoms with Gasteiger partial charge in [-0.25, -0.2) is 8.42 Å². The number of amides is 2. The second kappa shape index (κ2) is 10.7. The molecule has 0 aromatic heterocycles. The summed E-state index contributed by atoms with van der Waals surface area (Å²) in [7, 11) is -3.98. The lowest BCUT2D eigenvalue weighted by Gasteiger charge is -2.30. The van der Waals surface area contributed by atoms with Gasteiger partial charge in [-0.3, -0.25) is 14.3 Å². The molecule has 0 saturated carbocycles. The van der Waals surface area contributed by atoms with Crippen molar-refractivity contribution in [2.24, 2.45) is 0 Å². The molecule has 32 heavy (non-hydrogen) atoms. The van der Waals surface area contributed by atoms with Crippen molar-refractivity contribution in [2.45, 2.75) is 18.2 Å². The Kier molecular flexibility index (Phi) is 7.94. The molecule has 2 aromatic carbocycles. The molecule has 9 nitrogen and oxygen atoms in total. The van der Waals surface area contributed by atoms with Gasteiger partial charge in [0, 0.05) is 49.4 Å². The van der Waals surface area contributed by atoms with Gasteiger partial charge in [-0.05, 0) is 42.5 Å². The zero-order valence-corrected chi connectivity index (χ0v) is 19.1. The SMILES string of the molecule is CC(=O)NCCC(=O)Nc1ccc(N2CCOCC2)c(S(=O)(=O)Nc2ccc(Cl)cc2)c1. The molecule has 11 heteroatoms. The van der Waals surface area contributed by atoms with Gasteiger partial charge in [-0.2, -0.15) is 0 Å². The first-order valence-electron chi connectivity index (χ1n) is 10.0. The minimum absolute atomic E-state index is 0.0361. The highest BCUT2D eigenvalue weighted by molar-refractivity contribution is 7.92. The van der Waals surface area contributed by atoms with Gasteiger partial charge in [0.05, 0.1) is 18.9 Å². The van der Waals surface area contributed by atoms with E-state index >= 15 is 0 Å². The van der Waals surface area contributed by atoms with Gasteiger partial charge in [-0.1, -0.05) is 11.6 Å². The first kappa shape index (κ1) is 23.8. The van der Waals surface area contributed by atoms with E-state index < -0.39 is 10.0 Å². The van der Waals surface area contributed by atoms with E-state index in [0.29, 0.717) is 48.4 Å². The number of hydrogen-bond donors (Lipinski definition) is 3. The molecule has 1 aliphatic heterocycles. The third-order valence-electron chi connectivity index (χ3n) is 4.71. The van der Waals surface area contributed by atoms with E-state index in [4.69, 9.17) is 16.3 Å². The van der Waals surface area contributed by atoms with E-state index in [-0.39, 0.29) is 29.7 Å². The number of ether oxygens (including phenoxy) is 1. The van der Waals surface area contributed by atoms with Crippen molar-refractivity contribution in [2.75, 3.05) is 47.8 Å². The number of carbonyl (C=O) groups excluding carboxylic acids is 2. The molecular formula is C21H25ClN4O5S. The second-order valence-corrected chi connectivity index (χ2v) is 9.26. The average Bonchev–Trinajstić information content (AvgIpc) is 2.75. The fourth-order valence-corrected chi connectivity index (χ4v) is 4.61. The highest BCUT2D eigenvalue weighted by Crippen LogP contribution is 2.31. The van der Waals surface area contributed by atoms with Crippen molar-refractivity contribution < 1.29 is 22.7 Å². The van der Waals surface area contributed by atoms with Crippen LogP contribution in [0.1, 0.15) is 13.3 Å². The van der Waals surface area contributed by atoms with E-state index in [1.54, 1.807) is 36.4 Å². The molecule has 3 N–H and O–H groups in total. The Bertz CT molecular complexity index is 1070. The Morgan fingerprint density at radius 1 is 1.06 bits per heavy atom. The summed E-state index contributed by atoms with van der Waals surface area (Å²) in [6, 6.07) is 11.1. The predicted molar refractivity (Wildman–Crippen MR) is 124 cm³/mol. The Labute approximate surface area is 192 Å². The number of nitrogens with zero attached hydrogens (tertiary/aromatic N) is 1. The van der Waals surface area contributed by atoms with E-state index in [0.717, 1.165) is 0 Å². The lowest BCUT2D eigenvalue weighted by Crippen LogP contribution is -2.37. The van der Waals surface area contributed by atoms with Crippen LogP contribution in [-0.2, 0) is 24.3 Å². The minimum atomic E-state index is -3.98. The molecule has 1 fully saturated rings. The quantitative estimate of drug-likeness (QED) is 0.534. The number of anilines is 3. The van der Waals surface area contributed by atoms with Crippen LogP contribution in [-0.4, -0.2) is 53.1 Å². The molecular weight excluding hydrogens is 456 g/mol. The van der Waals surface area contributed by atoms with Crippen LogP contribution < -0.4 is 20.3 Å². The topological polar surface area (TPSA) is 117 Å². The van der Waals surface area contributed by atoms with E-state index in [2.05, 4.69) is 15.4 Å². The number of halogens is 1. The number of carbonyl (C=O) groups is 2. The Balaban J connectivity index is 1.87. The molecule has 0 unspecified atom stereocenters. The van der Waals surface area contributed by atoms with Gasteiger partial charge in [0.25, 0.3) is 10.0 Å². The highest BCUT2D eigenvalue weighted by Gasteiger charge is 2.24.